The quantitative estimate of drug-likeness (QED) is 0.721. The third kappa shape index (κ3) is 2.71. The van der Waals surface area contributed by atoms with Crippen LogP contribution in [0.3, 0.4) is 0 Å². The summed E-state index contributed by atoms with van der Waals surface area (Å²) >= 11 is 5.90. The Balaban J connectivity index is 1.95. The average Bonchev–Trinajstić information content (AvgIpc) is 2.19. The van der Waals surface area contributed by atoms with Gasteiger partial charge in [-0.2, -0.15) is 0 Å². The Bertz CT molecular complexity index is 292. The Morgan fingerprint density at radius 3 is 2.71 bits per heavy atom. The van der Waals surface area contributed by atoms with Crippen LogP contribution in [0.15, 0.2) is 18.5 Å². The molecule has 0 aliphatic heterocycles. The number of aromatic nitrogens is 1. The molecule has 0 aromatic carbocycles. The van der Waals surface area contributed by atoms with Crippen LogP contribution in [-0.4, -0.2) is 4.98 Å². The minimum absolute atomic E-state index is 0.762. The number of nitrogens with zero attached hydrogens (tertiary/aromatic N) is 1. The Morgan fingerprint density at radius 1 is 1.21 bits per heavy atom. The van der Waals surface area contributed by atoms with Crippen LogP contribution in [0.4, 0.5) is 0 Å². The largest absolute Gasteiger partial charge is 0.263 e. The molecule has 2 rings (SSSR count). The van der Waals surface area contributed by atoms with Gasteiger partial charge in [-0.15, -0.1) is 0 Å². The number of pyridine rings is 1. The summed E-state index contributed by atoms with van der Waals surface area (Å²) in [6.45, 7) is 0. The van der Waals surface area contributed by atoms with Crippen LogP contribution in [-0.2, 0) is 6.42 Å². The minimum atomic E-state index is 0.762. The Hall–Kier alpha value is -0.560. The van der Waals surface area contributed by atoms with E-state index in [4.69, 9.17) is 11.6 Å². The number of halogens is 1. The lowest BCUT2D eigenvalue weighted by Gasteiger charge is -2.21. The zero-order valence-electron chi connectivity index (χ0n) is 8.38. The summed E-state index contributed by atoms with van der Waals surface area (Å²) < 4.78 is 0. The van der Waals surface area contributed by atoms with E-state index in [1.54, 1.807) is 6.20 Å². The second kappa shape index (κ2) is 4.79. The van der Waals surface area contributed by atoms with Crippen molar-refractivity contribution in [1.82, 2.24) is 4.98 Å². The smallest absolute Gasteiger partial charge is 0.0592 e. The first-order valence-electron chi connectivity index (χ1n) is 5.44. The lowest BCUT2D eigenvalue weighted by Crippen LogP contribution is -2.09. The lowest BCUT2D eigenvalue weighted by molar-refractivity contribution is 0.356. The molecule has 0 atom stereocenters. The van der Waals surface area contributed by atoms with Crippen LogP contribution < -0.4 is 0 Å². The predicted molar refractivity (Wildman–Crippen MR) is 59.5 cm³/mol. The fraction of sp³-hybridized carbons (Fsp3) is 0.583. The molecule has 1 aliphatic rings. The maximum atomic E-state index is 5.90. The molecule has 1 saturated carbocycles. The van der Waals surface area contributed by atoms with Crippen LogP contribution in [0.25, 0.3) is 0 Å². The summed E-state index contributed by atoms with van der Waals surface area (Å²) in [6.07, 6.45) is 11.8. The molecule has 0 saturated heterocycles. The van der Waals surface area contributed by atoms with Crippen molar-refractivity contribution in [3.05, 3.63) is 29.0 Å². The first-order valence-corrected chi connectivity index (χ1v) is 5.82. The Kier molecular flexibility index (Phi) is 3.41. The number of hydrogen-bond acceptors (Lipinski definition) is 1. The zero-order chi connectivity index (χ0) is 9.80. The monoisotopic (exact) mass is 209 g/mol. The van der Waals surface area contributed by atoms with Crippen LogP contribution >= 0.6 is 11.6 Å². The normalized spacial score (nSPS) is 18.4. The molecule has 1 fully saturated rings. The first-order chi connectivity index (χ1) is 6.84. The summed E-state index contributed by atoms with van der Waals surface area (Å²) in [5.41, 5.74) is 1.30. The second-order valence-electron chi connectivity index (χ2n) is 4.22. The third-order valence-corrected chi connectivity index (χ3v) is 3.22. The topological polar surface area (TPSA) is 12.9 Å². The molecule has 1 aromatic rings. The van der Waals surface area contributed by atoms with Gasteiger partial charge in [0.2, 0.25) is 0 Å². The maximum absolute atomic E-state index is 5.90. The van der Waals surface area contributed by atoms with Crippen LogP contribution in [0.1, 0.15) is 37.7 Å². The highest BCUT2D eigenvalue weighted by Crippen LogP contribution is 2.27. The highest BCUT2D eigenvalue weighted by atomic mass is 35.5. The van der Waals surface area contributed by atoms with Crippen molar-refractivity contribution in [1.29, 1.82) is 0 Å². The molecule has 1 nitrogen and oxygen atoms in total. The molecule has 76 valence electrons. The molecule has 14 heavy (non-hydrogen) atoms. The van der Waals surface area contributed by atoms with E-state index in [-0.39, 0.29) is 0 Å². The SMILES string of the molecule is Clc1cncc(CC2CCCCC2)c1. The molecular formula is C12H16ClN. The number of hydrogen-bond donors (Lipinski definition) is 0. The van der Waals surface area contributed by atoms with E-state index in [2.05, 4.69) is 4.98 Å². The Morgan fingerprint density at radius 2 is 2.00 bits per heavy atom. The van der Waals surface area contributed by atoms with Crippen LogP contribution in [0.2, 0.25) is 5.02 Å². The van der Waals surface area contributed by atoms with Crippen LogP contribution in [0.5, 0.6) is 0 Å². The van der Waals surface area contributed by atoms with Crippen molar-refractivity contribution in [3.8, 4) is 0 Å². The molecule has 1 aromatic heterocycles. The van der Waals surface area contributed by atoms with Crippen molar-refractivity contribution in [2.45, 2.75) is 38.5 Å². The molecule has 0 N–H and O–H groups in total. The zero-order valence-corrected chi connectivity index (χ0v) is 9.13. The molecule has 0 spiro atoms. The second-order valence-corrected chi connectivity index (χ2v) is 4.66. The molecule has 0 amide bonds. The molecule has 1 aliphatic carbocycles. The lowest BCUT2D eigenvalue weighted by atomic mass is 9.85. The summed E-state index contributed by atoms with van der Waals surface area (Å²) in [5.74, 6) is 0.865. The van der Waals surface area contributed by atoms with E-state index >= 15 is 0 Å². The van der Waals surface area contributed by atoms with E-state index in [0.717, 1.165) is 17.4 Å². The molecular weight excluding hydrogens is 194 g/mol. The van der Waals surface area contributed by atoms with Crippen LogP contribution in [0, 0.1) is 5.92 Å². The third-order valence-electron chi connectivity index (χ3n) is 3.01. The molecule has 1 heterocycles. The summed E-state index contributed by atoms with van der Waals surface area (Å²) in [4.78, 5) is 4.12. The van der Waals surface area contributed by atoms with Gasteiger partial charge in [-0.05, 0) is 24.0 Å². The fourth-order valence-corrected chi connectivity index (χ4v) is 2.49. The van der Waals surface area contributed by atoms with Crippen molar-refractivity contribution >= 4 is 11.6 Å². The predicted octanol–water partition coefficient (Wildman–Crippen LogP) is 3.86. The highest BCUT2D eigenvalue weighted by molar-refractivity contribution is 6.30. The van der Waals surface area contributed by atoms with Gasteiger partial charge in [0.15, 0.2) is 0 Å². The summed E-state index contributed by atoms with van der Waals surface area (Å²) in [5, 5.41) is 0.762. The van der Waals surface area contributed by atoms with Crippen molar-refractivity contribution in [2.24, 2.45) is 5.92 Å². The van der Waals surface area contributed by atoms with Crippen molar-refractivity contribution < 1.29 is 0 Å². The summed E-state index contributed by atoms with van der Waals surface area (Å²) in [6, 6.07) is 2.04. The van der Waals surface area contributed by atoms with E-state index in [9.17, 15) is 0 Å². The molecule has 0 bridgehead atoms. The molecule has 0 unspecified atom stereocenters. The van der Waals surface area contributed by atoms with Gasteiger partial charge in [0.1, 0.15) is 0 Å². The number of rotatable bonds is 2. The highest BCUT2D eigenvalue weighted by Gasteiger charge is 2.13. The van der Waals surface area contributed by atoms with Crippen molar-refractivity contribution in [3.63, 3.8) is 0 Å². The standard InChI is InChI=1S/C12H16ClN/c13-12-7-11(8-14-9-12)6-10-4-2-1-3-5-10/h7-10H,1-6H2. The van der Waals surface area contributed by atoms with Gasteiger partial charge < -0.3 is 0 Å². The van der Waals surface area contributed by atoms with Gasteiger partial charge in [0.05, 0.1) is 5.02 Å². The van der Waals surface area contributed by atoms with E-state index in [1.807, 2.05) is 12.3 Å². The first kappa shape index (κ1) is 9.97. The fourth-order valence-electron chi connectivity index (χ4n) is 2.29. The van der Waals surface area contributed by atoms with E-state index in [0.29, 0.717) is 0 Å². The Labute approximate surface area is 90.5 Å². The maximum Gasteiger partial charge on any atom is 0.0592 e. The van der Waals surface area contributed by atoms with Crippen molar-refractivity contribution in [2.75, 3.05) is 0 Å². The van der Waals surface area contributed by atoms with Gasteiger partial charge >= 0.3 is 0 Å². The van der Waals surface area contributed by atoms with Gasteiger partial charge in [-0.25, -0.2) is 0 Å². The van der Waals surface area contributed by atoms with Gasteiger partial charge in [-0.1, -0.05) is 43.7 Å². The van der Waals surface area contributed by atoms with Gasteiger partial charge in [0.25, 0.3) is 0 Å². The van der Waals surface area contributed by atoms with E-state index in [1.165, 1.54) is 37.7 Å². The molecule has 0 radical (unpaired) electrons. The average molecular weight is 210 g/mol. The summed E-state index contributed by atoms with van der Waals surface area (Å²) in [7, 11) is 0. The van der Waals surface area contributed by atoms with Gasteiger partial charge in [0, 0.05) is 12.4 Å². The van der Waals surface area contributed by atoms with E-state index < -0.39 is 0 Å². The minimum Gasteiger partial charge on any atom is -0.263 e. The van der Waals surface area contributed by atoms with Gasteiger partial charge in [-0.3, -0.25) is 4.98 Å². The molecule has 2 heteroatoms.